The topological polar surface area (TPSA) is 119 Å². The highest BCUT2D eigenvalue weighted by Crippen LogP contribution is 2.43. The lowest BCUT2D eigenvalue weighted by atomic mass is 9.95. The lowest BCUT2D eigenvalue weighted by Gasteiger charge is -2.36. The normalized spacial score (nSPS) is 18.2. The fourth-order valence-corrected chi connectivity index (χ4v) is 6.08. The van der Waals surface area contributed by atoms with Crippen molar-refractivity contribution in [3.63, 3.8) is 0 Å². The van der Waals surface area contributed by atoms with Crippen LogP contribution in [0.25, 0.3) is 0 Å². The van der Waals surface area contributed by atoms with E-state index >= 15 is 0 Å². The fraction of sp³-hybridized carbons (Fsp3) is 0.481. The van der Waals surface area contributed by atoms with E-state index in [9.17, 15) is 40.7 Å². The molecule has 0 spiro atoms. The summed E-state index contributed by atoms with van der Waals surface area (Å²) in [5, 5.41) is 9.70. The van der Waals surface area contributed by atoms with Gasteiger partial charge in [-0.15, -0.1) is 0 Å². The van der Waals surface area contributed by atoms with E-state index in [1.54, 1.807) is 0 Å². The van der Waals surface area contributed by atoms with Crippen LogP contribution in [0.2, 0.25) is 0 Å². The molecule has 2 atom stereocenters. The molecule has 1 saturated carbocycles. The van der Waals surface area contributed by atoms with Crippen LogP contribution < -0.4 is 13.8 Å². The van der Waals surface area contributed by atoms with Crippen LogP contribution in [0.4, 0.5) is 23.2 Å². The molecule has 2 aliphatic rings. The van der Waals surface area contributed by atoms with Crippen molar-refractivity contribution in [2.75, 3.05) is 18.0 Å². The van der Waals surface area contributed by atoms with E-state index < -0.39 is 58.0 Å². The number of carbonyl (C=O) groups is 2. The highest BCUT2D eigenvalue weighted by molar-refractivity contribution is 7.92. The summed E-state index contributed by atoms with van der Waals surface area (Å²) in [4.78, 5) is 23.9. The zero-order chi connectivity index (χ0) is 30.3. The number of rotatable bonds is 10. The standard InChI is InChI=1S/C27H29F4NO8S/c1-26(2,27(29,30)31)40-24(33)11-15-4-9-22-21(10-15)32(14-17(39-22)12-19(25(34)35)16-5-6-16)41(36,37)18-7-8-20(28)23(13-18)38-3/h4,7-10,13,16-17,19H,5-6,11-12,14H2,1-3H3,(H,34,35)/t17-,19+/m0/s1. The smallest absolute Gasteiger partial charge is 0.427 e. The van der Waals surface area contributed by atoms with Gasteiger partial charge in [0, 0.05) is 6.07 Å². The maximum Gasteiger partial charge on any atom is 0.427 e. The Morgan fingerprint density at radius 1 is 1.15 bits per heavy atom. The summed E-state index contributed by atoms with van der Waals surface area (Å²) in [5.41, 5.74) is -2.62. The highest BCUT2D eigenvalue weighted by atomic mass is 32.2. The molecule has 0 bridgehead atoms. The number of fused-ring (bicyclic) bond motifs is 1. The number of carbonyl (C=O) groups excluding carboxylic acids is 1. The van der Waals surface area contributed by atoms with Gasteiger partial charge in [-0.2, -0.15) is 13.2 Å². The Hall–Kier alpha value is -3.55. The predicted octanol–water partition coefficient (Wildman–Crippen LogP) is 4.72. The van der Waals surface area contributed by atoms with E-state index in [1.807, 2.05) is 0 Å². The molecule has 2 aromatic rings. The molecule has 1 heterocycles. The zero-order valence-electron chi connectivity index (χ0n) is 22.4. The van der Waals surface area contributed by atoms with Crippen LogP contribution in [0.5, 0.6) is 11.5 Å². The van der Waals surface area contributed by atoms with E-state index in [1.165, 1.54) is 25.3 Å². The van der Waals surface area contributed by atoms with Crippen LogP contribution >= 0.6 is 0 Å². The van der Waals surface area contributed by atoms with Gasteiger partial charge in [0.25, 0.3) is 10.0 Å². The zero-order valence-corrected chi connectivity index (χ0v) is 23.2. The molecule has 0 unspecified atom stereocenters. The van der Waals surface area contributed by atoms with Gasteiger partial charge in [0.05, 0.1) is 36.6 Å². The van der Waals surface area contributed by atoms with Gasteiger partial charge in [0.1, 0.15) is 11.9 Å². The number of methoxy groups -OCH3 is 1. The fourth-order valence-electron chi connectivity index (χ4n) is 4.57. The summed E-state index contributed by atoms with van der Waals surface area (Å²) in [7, 11) is -3.25. The number of nitrogens with zero attached hydrogens (tertiary/aromatic N) is 1. The van der Waals surface area contributed by atoms with Crippen molar-refractivity contribution < 1.29 is 54.9 Å². The number of carboxylic acid groups (broad SMARTS) is 1. The molecular weight excluding hydrogens is 574 g/mol. The number of anilines is 1. The van der Waals surface area contributed by atoms with E-state index in [2.05, 4.69) is 4.74 Å². The minimum Gasteiger partial charge on any atom is -0.494 e. The van der Waals surface area contributed by atoms with Crippen LogP contribution in [0.1, 0.15) is 38.7 Å². The second-order valence-corrected chi connectivity index (χ2v) is 12.4. The summed E-state index contributed by atoms with van der Waals surface area (Å²) in [6.45, 7) is 1.12. The number of sulfonamides is 1. The molecule has 41 heavy (non-hydrogen) atoms. The van der Waals surface area contributed by atoms with Crippen LogP contribution in [0.15, 0.2) is 41.3 Å². The van der Waals surface area contributed by atoms with Crippen molar-refractivity contribution in [3.05, 3.63) is 47.8 Å². The molecule has 4 rings (SSSR count). The average molecular weight is 604 g/mol. The van der Waals surface area contributed by atoms with Crippen LogP contribution in [-0.2, 0) is 30.8 Å². The first kappa shape index (κ1) is 30.4. The van der Waals surface area contributed by atoms with Crippen molar-refractivity contribution in [3.8, 4) is 11.5 Å². The molecule has 14 heteroatoms. The van der Waals surface area contributed by atoms with Gasteiger partial charge in [0.2, 0.25) is 5.60 Å². The number of hydrogen-bond acceptors (Lipinski definition) is 7. The molecule has 2 aromatic carbocycles. The Morgan fingerprint density at radius 3 is 2.41 bits per heavy atom. The molecular formula is C27H29F4NO8S. The van der Waals surface area contributed by atoms with Crippen LogP contribution in [0, 0.1) is 17.7 Å². The first-order valence-corrected chi connectivity index (χ1v) is 14.1. The number of benzene rings is 2. The maximum absolute atomic E-state index is 14.0. The molecule has 9 nitrogen and oxygen atoms in total. The molecule has 0 saturated heterocycles. The van der Waals surface area contributed by atoms with E-state index in [4.69, 9.17) is 9.47 Å². The Labute approximate surface area is 234 Å². The van der Waals surface area contributed by atoms with E-state index in [0.717, 1.165) is 35.3 Å². The third-order valence-corrected chi connectivity index (χ3v) is 8.87. The van der Waals surface area contributed by atoms with Gasteiger partial charge in [-0.3, -0.25) is 13.9 Å². The lowest BCUT2D eigenvalue weighted by Crippen LogP contribution is -2.45. The second-order valence-electron chi connectivity index (χ2n) is 10.6. The molecule has 0 aromatic heterocycles. The summed E-state index contributed by atoms with van der Waals surface area (Å²) in [5.74, 6) is -4.04. The van der Waals surface area contributed by atoms with Crippen molar-refractivity contribution in [2.45, 2.75) is 62.3 Å². The SMILES string of the molecule is COc1cc(S(=O)(=O)N2C[C@H](C[C@@H](C(=O)O)C3CC3)Oc3ccc(CC(=O)OC(C)(C)C(F)(F)F)cc32)ccc1F. The second kappa shape index (κ2) is 11.0. The van der Waals surface area contributed by atoms with Crippen molar-refractivity contribution in [2.24, 2.45) is 11.8 Å². The molecule has 1 aliphatic heterocycles. The first-order chi connectivity index (χ1) is 19.0. The first-order valence-electron chi connectivity index (χ1n) is 12.7. The van der Waals surface area contributed by atoms with Gasteiger partial charge >= 0.3 is 18.1 Å². The highest BCUT2D eigenvalue weighted by Gasteiger charge is 2.51. The summed E-state index contributed by atoms with van der Waals surface area (Å²) >= 11 is 0. The predicted molar refractivity (Wildman–Crippen MR) is 137 cm³/mol. The third-order valence-electron chi connectivity index (χ3n) is 7.09. The number of alkyl halides is 3. The maximum atomic E-state index is 14.0. The van der Waals surface area contributed by atoms with Gasteiger partial charge in [0.15, 0.2) is 11.6 Å². The number of halogens is 4. The number of ether oxygens (including phenoxy) is 3. The molecule has 1 fully saturated rings. The lowest BCUT2D eigenvalue weighted by molar-refractivity contribution is -0.257. The summed E-state index contributed by atoms with van der Waals surface area (Å²) in [6.07, 6.45) is -4.76. The molecule has 1 N–H and O–H groups in total. The van der Waals surface area contributed by atoms with Crippen LogP contribution in [-0.4, -0.2) is 57.0 Å². The Morgan fingerprint density at radius 2 is 1.83 bits per heavy atom. The van der Waals surface area contributed by atoms with Gasteiger partial charge in [-0.05, 0) is 68.9 Å². The Kier molecular flexibility index (Phi) is 8.18. The summed E-state index contributed by atoms with van der Waals surface area (Å²) in [6, 6.07) is 6.99. The quantitative estimate of drug-likeness (QED) is 0.306. The molecule has 224 valence electrons. The summed E-state index contributed by atoms with van der Waals surface area (Å²) < 4.78 is 97.7. The Balaban J connectivity index is 1.69. The van der Waals surface area contributed by atoms with Gasteiger partial charge < -0.3 is 19.3 Å². The minimum absolute atomic E-state index is 0.0248. The van der Waals surface area contributed by atoms with Crippen LogP contribution in [0.3, 0.4) is 0 Å². The third kappa shape index (κ3) is 6.52. The minimum atomic E-state index is -4.81. The van der Waals surface area contributed by atoms with Crippen molar-refractivity contribution >= 4 is 27.6 Å². The average Bonchev–Trinajstić information content (AvgIpc) is 3.71. The largest absolute Gasteiger partial charge is 0.494 e. The number of aliphatic carboxylic acids is 1. The van der Waals surface area contributed by atoms with Gasteiger partial charge in [-0.25, -0.2) is 12.8 Å². The number of hydrogen-bond donors (Lipinski definition) is 1. The monoisotopic (exact) mass is 603 g/mol. The van der Waals surface area contributed by atoms with E-state index in [-0.39, 0.29) is 46.5 Å². The van der Waals surface area contributed by atoms with Gasteiger partial charge in [-0.1, -0.05) is 6.07 Å². The van der Waals surface area contributed by atoms with E-state index in [0.29, 0.717) is 13.8 Å². The molecule has 0 radical (unpaired) electrons. The number of carboxylic acids is 1. The number of esters is 1. The Bertz CT molecular complexity index is 1440. The van der Waals surface area contributed by atoms with Crippen molar-refractivity contribution in [1.82, 2.24) is 0 Å². The molecule has 0 amide bonds. The van der Waals surface area contributed by atoms with Crippen molar-refractivity contribution in [1.29, 1.82) is 0 Å². The molecule has 1 aliphatic carbocycles.